The minimum atomic E-state index is -3.19. The van der Waals surface area contributed by atoms with Crippen molar-refractivity contribution in [2.45, 2.75) is 65.0 Å². The number of likely N-dealkylation sites (tertiary alicyclic amines) is 3. The molecule has 21 heteroatoms. The Bertz CT molecular complexity index is 3920. The summed E-state index contributed by atoms with van der Waals surface area (Å²) in [6.07, 6.45) is 6.03. The smallest absolute Gasteiger partial charge is 0.302 e. The van der Waals surface area contributed by atoms with E-state index in [1.165, 1.54) is 36.6 Å². The molecule has 3 aliphatic heterocycles. The van der Waals surface area contributed by atoms with Gasteiger partial charge in [0.15, 0.2) is 0 Å². The number of carbonyl (C=O) groups is 3. The van der Waals surface area contributed by atoms with Crippen LogP contribution in [0.2, 0.25) is 0 Å². The van der Waals surface area contributed by atoms with Crippen LogP contribution in [0.1, 0.15) is 77.2 Å². The highest BCUT2D eigenvalue weighted by molar-refractivity contribution is 5.89. The monoisotopic (exact) mass is 974 g/mol. The number of amides is 3. The number of aromatic nitrogens is 9. The van der Waals surface area contributed by atoms with Gasteiger partial charge in [-0.1, -0.05) is 20.7 Å². The van der Waals surface area contributed by atoms with Gasteiger partial charge in [0.1, 0.15) is 61.6 Å². The zero-order chi connectivity index (χ0) is 70.0. The Morgan fingerprint density at radius 2 is 1.14 bits per heavy atom. The molecule has 6 aromatic heterocycles. The van der Waals surface area contributed by atoms with Crippen LogP contribution < -0.4 is 14.7 Å². The number of piperidine rings is 3. The van der Waals surface area contributed by atoms with Gasteiger partial charge in [-0.15, -0.1) is 0 Å². The van der Waals surface area contributed by atoms with Crippen LogP contribution in [0.3, 0.4) is 0 Å². The third-order valence-corrected chi connectivity index (χ3v) is 11.8. The second kappa shape index (κ2) is 22.5. The summed E-state index contributed by atoms with van der Waals surface area (Å²) in [5, 5.41) is 0.752. The van der Waals surface area contributed by atoms with E-state index in [-0.39, 0.29) is 71.9 Å². The van der Waals surface area contributed by atoms with Crippen molar-refractivity contribution in [2.75, 3.05) is 94.4 Å². The molecule has 6 aromatic rings. The third kappa shape index (κ3) is 11.0. The largest absolute Gasteiger partial charge is 0.354 e. The van der Waals surface area contributed by atoms with Crippen molar-refractivity contribution < 1.29 is 45.9 Å². The molecule has 3 saturated heterocycles. The van der Waals surface area contributed by atoms with Gasteiger partial charge in [0.05, 0.1) is 38.3 Å². The van der Waals surface area contributed by atoms with E-state index in [4.69, 9.17) is 51.2 Å². The van der Waals surface area contributed by atoms with Crippen molar-refractivity contribution in [2.24, 2.45) is 17.7 Å². The molecule has 9 rings (SSSR count). The average molecular weight is 974 g/mol. The number of likely N-dealkylation sites (N-methyl/N-ethyl adjacent to an activating group) is 3. The number of hydrogen-bond acceptors (Lipinski definition) is 12. The first kappa shape index (κ1) is 28.0. The number of fused-ring (bicyclic) bond motifs is 3. The van der Waals surface area contributed by atoms with Crippen molar-refractivity contribution in [3.63, 3.8) is 0 Å². The second-order valence-electron chi connectivity index (χ2n) is 16.1. The molecule has 0 radical (unpaired) electrons. The van der Waals surface area contributed by atoms with E-state index in [1.54, 1.807) is 13.0 Å². The summed E-state index contributed by atoms with van der Waals surface area (Å²) in [7, 11) is 0. The van der Waals surface area contributed by atoms with Crippen molar-refractivity contribution in [3.8, 4) is 0 Å². The summed E-state index contributed by atoms with van der Waals surface area (Å²) in [5.74, 6) is -8.41. The first-order valence-electron chi connectivity index (χ1n) is 32.9. The molecule has 6 atom stereocenters. The molecule has 0 bridgehead atoms. The third-order valence-electron chi connectivity index (χ3n) is 11.8. The van der Waals surface area contributed by atoms with E-state index in [0.717, 1.165) is 32.3 Å². The fourth-order valence-corrected chi connectivity index (χ4v) is 7.98. The predicted octanol–water partition coefficient (Wildman–Crippen LogP) is 4.96. The summed E-state index contributed by atoms with van der Waals surface area (Å²) in [4.78, 5) is 83.7. The molecular weight excluding hydrogens is 889 g/mol. The fourth-order valence-electron chi connectivity index (χ4n) is 7.98. The highest BCUT2D eigenvalue weighted by Crippen LogP contribution is 2.32. The van der Waals surface area contributed by atoms with Crippen molar-refractivity contribution in [3.05, 3.63) is 89.5 Å². The molecule has 0 unspecified atom stereocenters. The fraction of sp³-hybridized carbons (Fsp3) is 0.510. The molecule has 3 amide bonds. The Kier molecular flexibility index (Phi) is 8.99. The van der Waals surface area contributed by atoms with E-state index >= 15 is 0 Å². The maximum Gasteiger partial charge on any atom is 0.302 e. The summed E-state index contributed by atoms with van der Waals surface area (Å²) in [6, 6.07) is -2.70. The topological polar surface area (TPSA) is 208 Å². The molecule has 3 aliphatic rings. The number of aryl methyl sites for hydroxylation is 1. The molecule has 3 N–H and O–H groups in total. The Hall–Kier alpha value is -7.86. The van der Waals surface area contributed by atoms with Gasteiger partial charge in [0.2, 0.25) is 0 Å². The van der Waals surface area contributed by atoms with Gasteiger partial charge in [-0.25, -0.2) is 49.6 Å². The first-order chi connectivity index (χ1) is 42.6. The van der Waals surface area contributed by atoms with E-state index < -0.39 is 121 Å². The van der Waals surface area contributed by atoms with Gasteiger partial charge in [-0.05, 0) is 62.1 Å². The highest BCUT2D eigenvalue weighted by atomic mass is 16.2. The number of nitrogens with zero attached hydrogens (tertiary/aromatic N) is 15. The Balaban J connectivity index is 0.000000198. The summed E-state index contributed by atoms with van der Waals surface area (Å²) in [5.41, 5.74) is 1.42. The van der Waals surface area contributed by atoms with Crippen molar-refractivity contribution in [1.29, 1.82) is 0 Å². The van der Waals surface area contributed by atoms with Crippen molar-refractivity contribution >= 4 is 68.3 Å². The average Bonchev–Trinajstić information content (AvgIpc) is 0.946. The second-order valence-corrected chi connectivity index (χ2v) is 16.1. The molecule has 3 fully saturated rings. The number of nitrogens with one attached hydrogen (secondary N) is 3. The molecular formula is C49H62N18O3. The normalized spacial score (nSPS) is 31.4. The van der Waals surface area contributed by atoms with Crippen LogP contribution >= 0.6 is 0 Å². The number of rotatable bonds is 9. The first-order valence-corrected chi connectivity index (χ1v) is 21.4. The number of carbonyl (C=O) groups excluding carboxylic acids is 3. The number of anilines is 3. The molecule has 0 spiro atoms. The molecule has 366 valence electrons. The standard InChI is InChI=1S/C17H22N6O.2C16H20N6O/c1-11-5-6-23(15(24)8-18-3)9-14(11)22(4)17-13-7-12(2)21-16(13)19-10-20-17;2*1-11-5-7-22(14(23)8-17-2)9-13(11)21(3)16-12-4-6-18-15(12)19-10-20-16/h7,10-11,14H,5-6,8-9H2,1-2,4H3,(H,19,20,21);2*4,6,10-11,13H,5,7-9H2,1,3H3,(H,18,19,20)/t11-,14+;2*11-,13+/m111/s1/i4D3,7D,8D2;1D3,3D3,8D2,11D,13D;3D3,8D2,11D,13D. The maximum atomic E-state index is 12.6. The van der Waals surface area contributed by atoms with Crippen LogP contribution in [-0.2, 0) is 14.4 Å². The van der Waals surface area contributed by atoms with Crippen LogP contribution in [0.4, 0.5) is 17.5 Å². The summed E-state index contributed by atoms with van der Waals surface area (Å²) < 4.78 is 187. The van der Waals surface area contributed by atoms with Gasteiger partial charge < -0.3 is 58.9 Å². The highest BCUT2D eigenvalue weighted by Gasteiger charge is 2.36. The van der Waals surface area contributed by atoms with Crippen LogP contribution in [0, 0.1) is 44.3 Å². The quantitative estimate of drug-likeness (QED) is 0.164. The predicted molar refractivity (Wildman–Crippen MR) is 268 cm³/mol. The Labute approximate surface area is 440 Å². The molecule has 0 aromatic carbocycles. The molecule has 9 heterocycles. The lowest BCUT2D eigenvalue weighted by atomic mass is 9.92. The Morgan fingerprint density at radius 1 is 0.686 bits per heavy atom. The lowest BCUT2D eigenvalue weighted by Gasteiger charge is -2.41. The molecule has 21 nitrogen and oxygen atoms in total. The molecule has 0 saturated carbocycles. The van der Waals surface area contributed by atoms with Gasteiger partial charge in [-0.3, -0.25) is 14.4 Å². The van der Waals surface area contributed by atoms with Crippen LogP contribution in [0.15, 0.2) is 49.6 Å². The van der Waals surface area contributed by atoms with Gasteiger partial charge in [0.25, 0.3) is 19.5 Å². The molecule has 0 aliphatic carbocycles. The number of aromatic amines is 3. The van der Waals surface area contributed by atoms with E-state index in [9.17, 15) is 14.4 Å². The number of hydrogen-bond donors (Lipinski definition) is 3. The van der Waals surface area contributed by atoms with Crippen LogP contribution in [0.25, 0.3) is 47.6 Å². The van der Waals surface area contributed by atoms with E-state index in [2.05, 4.69) is 59.4 Å². The minimum Gasteiger partial charge on any atom is -0.354 e. The SMILES string of the molecule is [2H]C([2H])([N+]#[C-])C(=O)N1CC[C@@]([2H])(C([2H])([2H])[2H])[C@@]([2H])(N(c2ncnc3[nH]ccc23)C([2H])([2H])[2H])C1.[2H]C([2H])([N+]#[C-])C(=O)N1CC[C@@]([2H])(C)[C@@]([2H])(N(c2ncnc3[nH]ccc23)C([2H])([2H])[2H])C1.[2H]c1c(C)[nH]c2ncnc(N([C@H]3CN(C(=O)C([2H])([2H])[N+]#[C-])CC[C@H]3C)C([2H])([2H])[2H])c12. The van der Waals surface area contributed by atoms with Crippen LogP contribution in [-0.4, -0.2) is 175 Å². The lowest BCUT2D eigenvalue weighted by molar-refractivity contribution is -0.131. The van der Waals surface area contributed by atoms with E-state index in [0.29, 0.717) is 33.7 Å². The maximum absolute atomic E-state index is 12.6. The van der Waals surface area contributed by atoms with Gasteiger partial charge >= 0.3 is 17.7 Å². The van der Waals surface area contributed by atoms with Gasteiger partial charge in [0, 0.05) is 97.5 Å². The lowest BCUT2D eigenvalue weighted by Crippen LogP contribution is -2.53. The van der Waals surface area contributed by atoms with E-state index in [1.807, 2.05) is 6.92 Å². The summed E-state index contributed by atoms with van der Waals surface area (Å²) >= 11 is 0. The number of H-pyrrole nitrogens is 3. The zero-order valence-corrected chi connectivity index (χ0v) is 38.0. The minimum absolute atomic E-state index is 0.0636. The molecule has 70 heavy (non-hydrogen) atoms. The zero-order valence-electron chi connectivity index (χ0n) is 61.0. The van der Waals surface area contributed by atoms with Crippen molar-refractivity contribution in [1.82, 2.24) is 59.6 Å². The van der Waals surface area contributed by atoms with Gasteiger partial charge in [-0.2, -0.15) is 0 Å². The Morgan fingerprint density at radius 3 is 1.64 bits per heavy atom. The van der Waals surface area contributed by atoms with Crippen LogP contribution in [0.5, 0.6) is 0 Å². The summed E-state index contributed by atoms with van der Waals surface area (Å²) in [6.45, 7) is 3.37.